The Morgan fingerprint density at radius 1 is 1.37 bits per heavy atom. The number of amides is 1. The highest BCUT2D eigenvalue weighted by molar-refractivity contribution is 7.90. The van der Waals surface area contributed by atoms with Crippen molar-refractivity contribution in [2.75, 3.05) is 27.2 Å². The number of sulfonamides is 1. The molecule has 150 valence electrons. The van der Waals surface area contributed by atoms with Crippen LogP contribution in [0.3, 0.4) is 0 Å². The Labute approximate surface area is 155 Å². The number of benzene rings is 1. The maximum absolute atomic E-state index is 12.4. The van der Waals surface area contributed by atoms with Crippen LogP contribution in [-0.4, -0.2) is 59.0 Å². The van der Waals surface area contributed by atoms with Crippen molar-refractivity contribution in [3.63, 3.8) is 0 Å². The van der Waals surface area contributed by atoms with E-state index < -0.39 is 22.1 Å². The zero-order valence-corrected chi connectivity index (χ0v) is 15.6. The maximum Gasteiger partial charge on any atom is 0.471 e. The topological polar surface area (TPSA) is 88.1 Å². The number of hydrogen-bond donors (Lipinski definition) is 1. The predicted octanol–water partition coefficient (Wildman–Crippen LogP) is 1.75. The van der Waals surface area contributed by atoms with Crippen molar-refractivity contribution in [1.29, 1.82) is 0 Å². The second-order valence-electron chi connectivity index (χ2n) is 5.54. The highest BCUT2D eigenvalue weighted by atomic mass is 32.2. The lowest BCUT2D eigenvalue weighted by Gasteiger charge is -2.12. The van der Waals surface area contributed by atoms with Gasteiger partial charge in [-0.3, -0.25) is 4.79 Å². The van der Waals surface area contributed by atoms with Gasteiger partial charge in [0.1, 0.15) is 23.6 Å². The molecule has 0 aliphatic rings. The summed E-state index contributed by atoms with van der Waals surface area (Å²) in [4.78, 5) is 12.0. The first-order valence-corrected chi connectivity index (χ1v) is 9.10. The molecule has 0 saturated carbocycles. The minimum Gasteiger partial charge on any atom is -0.488 e. The fourth-order valence-electron chi connectivity index (χ4n) is 1.81. The Morgan fingerprint density at radius 3 is 2.59 bits per heavy atom. The third kappa shape index (κ3) is 7.29. The third-order valence-corrected chi connectivity index (χ3v) is 4.26. The molecule has 1 rings (SSSR count). The van der Waals surface area contributed by atoms with E-state index in [4.69, 9.17) is 4.74 Å². The monoisotopic (exact) mass is 407 g/mol. The lowest BCUT2D eigenvalue weighted by Crippen LogP contribution is -2.37. The molecule has 0 saturated heterocycles. The first kappa shape index (κ1) is 22.5. The molecule has 0 heterocycles. The maximum atomic E-state index is 12.4. The van der Waals surface area contributed by atoms with Crippen molar-refractivity contribution in [2.45, 2.75) is 17.5 Å². The van der Waals surface area contributed by atoms with Crippen molar-refractivity contribution in [1.82, 2.24) is 10.2 Å². The minimum atomic E-state index is -4.97. The summed E-state index contributed by atoms with van der Waals surface area (Å²) in [6, 6.07) is 4.12. The van der Waals surface area contributed by atoms with Gasteiger partial charge in [-0.1, -0.05) is 18.7 Å². The second kappa shape index (κ2) is 9.40. The summed E-state index contributed by atoms with van der Waals surface area (Å²) in [6.07, 6.45) is -2.45. The van der Waals surface area contributed by atoms with Crippen LogP contribution in [0.5, 0.6) is 5.75 Å². The van der Waals surface area contributed by atoms with Crippen molar-refractivity contribution >= 4 is 22.3 Å². The molecule has 1 aromatic rings. The second-order valence-corrected chi connectivity index (χ2v) is 7.14. The van der Waals surface area contributed by atoms with E-state index in [1.165, 1.54) is 29.2 Å². The third-order valence-electron chi connectivity index (χ3n) is 3.02. The van der Waals surface area contributed by atoms with Gasteiger partial charge in [0.25, 0.3) is 10.0 Å². The molecule has 1 amide bonds. The molecule has 0 radical (unpaired) electrons. The Morgan fingerprint density at radius 2 is 2.04 bits per heavy atom. The summed E-state index contributed by atoms with van der Waals surface area (Å²) < 4.78 is 70.3. The SMILES string of the molecule is C=CCOc1ccc(CCNC(=O)C(F)(F)F)cc1S(=O)(=O)N=CN(C)C. The van der Waals surface area contributed by atoms with Crippen LogP contribution >= 0.6 is 0 Å². The van der Waals surface area contributed by atoms with Crippen LogP contribution in [0, 0.1) is 0 Å². The molecule has 0 bridgehead atoms. The predicted molar refractivity (Wildman–Crippen MR) is 94.3 cm³/mol. The number of alkyl halides is 3. The molecule has 0 aliphatic carbocycles. The number of carbonyl (C=O) groups is 1. The van der Waals surface area contributed by atoms with E-state index in [2.05, 4.69) is 11.0 Å². The number of nitrogens with zero attached hydrogens (tertiary/aromatic N) is 2. The van der Waals surface area contributed by atoms with Gasteiger partial charge in [-0.15, -0.1) is 4.40 Å². The summed E-state index contributed by atoms with van der Waals surface area (Å²) in [5, 5.41) is 1.72. The van der Waals surface area contributed by atoms with Crippen LogP contribution in [0.25, 0.3) is 0 Å². The van der Waals surface area contributed by atoms with E-state index in [0.29, 0.717) is 5.56 Å². The van der Waals surface area contributed by atoms with Crippen LogP contribution < -0.4 is 10.1 Å². The Bertz CT molecular complexity index is 806. The summed E-state index contributed by atoms with van der Waals surface area (Å²) >= 11 is 0. The van der Waals surface area contributed by atoms with Crippen LogP contribution in [0.15, 0.2) is 40.1 Å². The molecule has 1 N–H and O–H groups in total. The average Bonchev–Trinajstić information content (AvgIpc) is 2.57. The lowest BCUT2D eigenvalue weighted by molar-refractivity contribution is -0.173. The van der Waals surface area contributed by atoms with Gasteiger partial charge >= 0.3 is 12.1 Å². The highest BCUT2D eigenvalue weighted by Gasteiger charge is 2.38. The quantitative estimate of drug-likeness (QED) is 0.383. The van der Waals surface area contributed by atoms with Gasteiger partial charge in [0.15, 0.2) is 0 Å². The van der Waals surface area contributed by atoms with Crippen LogP contribution in [0.4, 0.5) is 13.2 Å². The fourth-order valence-corrected chi connectivity index (χ4v) is 2.92. The molecule has 7 nitrogen and oxygen atoms in total. The summed E-state index contributed by atoms with van der Waals surface area (Å²) in [7, 11) is -0.920. The first-order valence-electron chi connectivity index (χ1n) is 7.66. The Hall–Kier alpha value is -2.56. The van der Waals surface area contributed by atoms with E-state index in [-0.39, 0.29) is 30.2 Å². The van der Waals surface area contributed by atoms with Crippen molar-refractivity contribution in [2.24, 2.45) is 4.40 Å². The summed E-state index contributed by atoms with van der Waals surface area (Å²) in [6.45, 7) is 3.22. The number of hydrogen-bond acceptors (Lipinski definition) is 4. The average molecular weight is 407 g/mol. The minimum absolute atomic E-state index is 0.0104. The van der Waals surface area contributed by atoms with Gasteiger partial charge in [-0.25, -0.2) is 0 Å². The molecule has 0 aliphatic heterocycles. The van der Waals surface area contributed by atoms with Gasteiger partial charge in [0.05, 0.1) is 0 Å². The van der Waals surface area contributed by atoms with Gasteiger partial charge in [0.2, 0.25) is 0 Å². The van der Waals surface area contributed by atoms with E-state index >= 15 is 0 Å². The van der Waals surface area contributed by atoms with Gasteiger partial charge in [0, 0.05) is 20.6 Å². The number of rotatable bonds is 9. The molecular formula is C16H20F3N3O4S. The number of carbonyl (C=O) groups excluding carboxylic acids is 1. The summed E-state index contributed by atoms with van der Waals surface area (Å²) in [5.41, 5.74) is 0.391. The van der Waals surface area contributed by atoms with Gasteiger partial charge in [-0.2, -0.15) is 21.6 Å². The van der Waals surface area contributed by atoms with Crippen molar-refractivity contribution in [3.8, 4) is 5.75 Å². The molecular weight excluding hydrogens is 387 g/mol. The largest absolute Gasteiger partial charge is 0.488 e. The molecule has 0 spiro atoms. The van der Waals surface area contributed by atoms with Crippen molar-refractivity contribution in [3.05, 3.63) is 36.4 Å². The molecule has 0 unspecified atom stereocenters. The smallest absolute Gasteiger partial charge is 0.471 e. The number of nitrogens with one attached hydrogen (secondary N) is 1. The lowest BCUT2D eigenvalue weighted by atomic mass is 10.1. The Kier molecular flexibility index (Phi) is 7.82. The van der Waals surface area contributed by atoms with Gasteiger partial charge in [-0.05, 0) is 24.1 Å². The van der Waals surface area contributed by atoms with Gasteiger partial charge < -0.3 is 15.0 Å². The zero-order chi connectivity index (χ0) is 20.7. The molecule has 27 heavy (non-hydrogen) atoms. The zero-order valence-electron chi connectivity index (χ0n) is 14.8. The Balaban J connectivity index is 3.06. The molecule has 0 aromatic heterocycles. The van der Waals surface area contributed by atoms with E-state index in [0.717, 1.165) is 6.34 Å². The normalized spacial score (nSPS) is 12.0. The molecule has 0 atom stereocenters. The highest BCUT2D eigenvalue weighted by Crippen LogP contribution is 2.27. The fraction of sp³-hybridized carbons (Fsp3) is 0.375. The van der Waals surface area contributed by atoms with Crippen LogP contribution in [0.1, 0.15) is 5.56 Å². The molecule has 0 fully saturated rings. The van der Waals surface area contributed by atoms with E-state index in [1.54, 1.807) is 19.4 Å². The standard InChI is InChI=1S/C16H20F3N3O4S/c1-4-9-26-13-6-5-12(7-8-20-15(23)16(17,18)19)10-14(13)27(24,25)21-11-22(2)3/h4-6,10-11H,1,7-9H2,2-3H3,(H,20,23). The number of ether oxygens (including phenoxy) is 1. The molecule has 1 aromatic carbocycles. The van der Waals surface area contributed by atoms with E-state index in [9.17, 15) is 26.4 Å². The van der Waals surface area contributed by atoms with E-state index in [1.807, 2.05) is 0 Å². The van der Waals surface area contributed by atoms with Crippen LogP contribution in [0.2, 0.25) is 0 Å². The number of halogens is 3. The first-order chi connectivity index (χ1) is 12.5. The summed E-state index contributed by atoms with van der Waals surface area (Å²) in [5.74, 6) is -2.02. The van der Waals surface area contributed by atoms with Crippen molar-refractivity contribution < 1.29 is 31.1 Å². The molecule has 11 heteroatoms. The van der Waals surface area contributed by atoms with Crippen LogP contribution in [-0.2, 0) is 21.2 Å².